The zero-order chi connectivity index (χ0) is 22.1. The van der Waals surface area contributed by atoms with Crippen LogP contribution in [0.25, 0.3) is 11.0 Å². The molecule has 0 unspecified atom stereocenters. The summed E-state index contributed by atoms with van der Waals surface area (Å²) in [7, 11) is 1.52. The highest BCUT2D eigenvalue weighted by atomic mass is 19.1. The van der Waals surface area contributed by atoms with E-state index in [2.05, 4.69) is 18.7 Å². The minimum atomic E-state index is -0.698. The maximum Gasteiger partial charge on any atom is 0.290 e. The monoisotopic (exact) mass is 424 g/mol. The van der Waals surface area contributed by atoms with Crippen molar-refractivity contribution in [1.29, 1.82) is 0 Å². The molecule has 31 heavy (non-hydrogen) atoms. The Bertz CT molecular complexity index is 1190. The Balaban J connectivity index is 1.88. The van der Waals surface area contributed by atoms with E-state index >= 15 is 0 Å². The lowest BCUT2D eigenvalue weighted by atomic mass is 9.98. The molecule has 0 aliphatic carbocycles. The van der Waals surface area contributed by atoms with Crippen LogP contribution in [0.5, 0.6) is 5.75 Å². The van der Waals surface area contributed by atoms with Crippen molar-refractivity contribution in [2.24, 2.45) is 0 Å². The number of hydrogen-bond donors (Lipinski definition) is 0. The molecule has 1 atom stereocenters. The third-order valence-corrected chi connectivity index (χ3v) is 5.89. The van der Waals surface area contributed by atoms with Gasteiger partial charge in [0.2, 0.25) is 5.76 Å². The van der Waals surface area contributed by atoms with Gasteiger partial charge >= 0.3 is 0 Å². The van der Waals surface area contributed by atoms with Gasteiger partial charge in [-0.3, -0.25) is 9.59 Å². The average Bonchev–Trinajstić information content (AvgIpc) is 3.06. The Morgan fingerprint density at radius 3 is 2.58 bits per heavy atom. The number of methoxy groups -OCH3 is 1. The predicted molar refractivity (Wildman–Crippen MR) is 116 cm³/mol. The molecule has 1 aliphatic heterocycles. The highest BCUT2D eigenvalue weighted by Gasteiger charge is 2.42. The van der Waals surface area contributed by atoms with E-state index in [0.29, 0.717) is 35.4 Å². The molecule has 7 heteroatoms. The van der Waals surface area contributed by atoms with Gasteiger partial charge < -0.3 is 19.0 Å². The fourth-order valence-electron chi connectivity index (χ4n) is 4.17. The molecule has 1 aromatic heterocycles. The third-order valence-electron chi connectivity index (χ3n) is 5.89. The number of carbonyl (C=O) groups excluding carboxylic acids is 1. The standard InChI is InChI=1S/C24H25FN2O4/c1-4-26(5-2)11-12-27-21(15-7-6-8-16(25)13-15)20-22(28)18-10-9-17(30-3)14-19(18)31-23(20)24(27)29/h6-10,13-14,21H,4-5,11-12H2,1-3H3/t21-/m1/s1. The van der Waals surface area contributed by atoms with Crippen LogP contribution in [0.15, 0.2) is 51.7 Å². The Hall–Kier alpha value is -3.19. The van der Waals surface area contributed by atoms with E-state index in [9.17, 15) is 14.0 Å². The summed E-state index contributed by atoms with van der Waals surface area (Å²) in [6.07, 6.45) is 0. The molecule has 0 bridgehead atoms. The maximum atomic E-state index is 14.1. The Labute approximate surface area is 179 Å². The first-order valence-corrected chi connectivity index (χ1v) is 10.4. The zero-order valence-corrected chi connectivity index (χ0v) is 17.9. The fourth-order valence-corrected chi connectivity index (χ4v) is 4.17. The summed E-state index contributed by atoms with van der Waals surface area (Å²) in [5.74, 6) is -0.240. The van der Waals surface area contributed by atoms with Crippen LogP contribution in [-0.4, -0.2) is 49.0 Å². The third kappa shape index (κ3) is 3.70. The molecule has 162 valence electrons. The van der Waals surface area contributed by atoms with Crippen LogP contribution in [0.4, 0.5) is 4.39 Å². The van der Waals surface area contributed by atoms with Gasteiger partial charge in [-0.15, -0.1) is 0 Å². The second-order valence-electron chi connectivity index (χ2n) is 7.52. The van der Waals surface area contributed by atoms with Gasteiger partial charge in [-0.2, -0.15) is 0 Å². The smallest absolute Gasteiger partial charge is 0.290 e. The van der Waals surface area contributed by atoms with Gasteiger partial charge in [0.05, 0.1) is 24.1 Å². The number of benzene rings is 2. The van der Waals surface area contributed by atoms with Crippen LogP contribution in [-0.2, 0) is 0 Å². The highest BCUT2D eigenvalue weighted by molar-refractivity contribution is 5.99. The Morgan fingerprint density at radius 1 is 1.13 bits per heavy atom. The number of hydrogen-bond acceptors (Lipinski definition) is 5. The van der Waals surface area contributed by atoms with Gasteiger partial charge in [0, 0.05) is 19.2 Å². The molecule has 1 amide bonds. The van der Waals surface area contributed by atoms with Gasteiger partial charge in [-0.05, 0) is 42.9 Å². The van der Waals surface area contributed by atoms with Crippen molar-refractivity contribution < 1.29 is 18.3 Å². The first-order valence-electron chi connectivity index (χ1n) is 10.4. The van der Waals surface area contributed by atoms with Gasteiger partial charge in [-0.1, -0.05) is 26.0 Å². The number of carbonyl (C=O) groups is 1. The van der Waals surface area contributed by atoms with Gasteiger partial charge in [0.15, 0.2) is 5.43 Å². The molecule has 0 saturated carbocycles. The lowest BCUT2D eigenvalue weighted by Crippen LogP contribution is -2.37. The summed E-state index contributed by atoms with van der Waals surface area (Å²) < 4.78 is 25.2. The quantitative estimate of drug-likeness (QED) is 0.577. The van der Waals surface area contributed by atoms with E-state index in [-0.39, 0.29) is 22.7 Å². The van der Waals surface area contributed by atoms with Crippen LogP contribution in [0.1, 0.15) is 41.6 Å². The molecule has 4 rings (SSSR count). The van der Waals surface area contributed by atoms with Crippen LogP contribution >= 0.6 is 0 Å². The van der Waals surface area contributed by atoms with Crippen molar-refractivity contribution in [3.8, 4) is 5.75 Å². The van der Waals surface area contributed by atoms with Crippen molar-refractivity contribution in [2.75, 3.05) is 33.3 Å². The molecule has 2 heterocycles. The number of likely N-dealkylation sites (N-methyl/N-ethyl adjacent to an activating group) is 1. The van der Waals surface area contributed by atoms with E-state index in [4.69, 9.17) is 9.15 Å². The Kier molecular flexibility index (Phi) is 5.78. The number of nitrogens with zero attached hydrogens (tertiary/aromatic N) is 2. The summed E-state index contributed by atoms with van der Waals surface area (Å²) >= 11 is 0. The van der Waals surface area contributed by atoms with E-state index in [0.717, 1.165) is 13.1 Å². The van der Waals surface area contributed by atoms with Crippen molar-refractivity contribution in [1.82, 2.24) is 9.80 Å². The molecule has 6 nitrogen and oxygen atoms in total. The van der Waals surface area contributed by atoms with Gasteiger partial charge in [-0.25, -0.2) is 4.39 Å². The second kappa shape index (κ2) is 8.51. The molecule has 0 spiro atoms. The topological polar surface area (TPSA) is 63.0 Å². The lowest BCUT2D eigenvalue weighted by molar-refractivity contribution is 0.0708. The van der Waals surface area contributed by atoms with E-state index in [1.54, 1.807) is 35.2 Å². The number of halogens is 1. The van der Waals surface area contributed by atoms with Crippen LogP contribution in [0, 0.1) is 5.82 Å². The van der Waals surface area contributed by atoms with Crippen LogP contribution < -0.4 is 10.2 Å². The second-order valence-corrected chi connectivity index (χ2v) is 7.52. The molecule has 0 fully saturated rings. The van der Waals surface area contributed by atoms with E-state index < -0.39 is 11.9 Å². The van der Waals surface area contributed by atoms with Crippen molar-refractivity contribution >= 4 is 16.9 Å². The minimum Gasteiger partial charge on any atom is -0.497 e. The van der Waals surface area contributed by atoms with Crippen molar-refractivity contribution in [2.45, 2.75) is 19.9 Å². The van der Waals surface area contributed by atoms with Crippen LogP contribution in [0.3, 0.4) is 0 Å². The largest absolute Gasteiger partial charge is 0.497 e. The van der Waals surface area contributed by atoms with E-state index in [1.165, 1.54) is 19.2 Å². The zero-order valence-electron chi connectivity index (χ0n) is 17.9. The highest BCUT2D eigenvalue weighted by Crippen LogP contribution is 2.38. The SMILES string of the molecule is CCN(CC)CCN1C(=O)c2oc3cc(OC)ccc3c(=O)c2[C@H]1c1cccc(F)c1. The van der Waals surface area contributed by atoms with Gasteiger partial charge in [0.1, 0.15) is 17.1 Å². The summed E-state index contributed by atoms with van der Waals surface area (Å²) in [6.45, 7) is 6.83. The number of rotatable bonds is 7. The lowest BCUT2D eigenvalue weighted by Gasteiger charge is -2.28. The van der Waals surface area contributed by atoms with Crippen LogP contribution in [0.2, 0.25) is 0 Å². The van der Waals surface area contributed by atoms with Gasteiger partial charge in [0.25, 0.3) is 5.91 Å². The normalized spacial score (nSPS) is 15.7. The van der Waals surface area contributed by atoms with Crippen molar-refractivity contribution in [3.63, 3.8) is 0 Å². The summed E-state index contributed by atoms with van der Waals surface area (Å²) in [5.41, 5.74) is 0.812. The fraction of sp³-hybridized carbons (Fsp3) is 0.333. The molecule has 2 aromatic carbocycles. The summed E-state index contributed by atoms with van der Waals surface area (Å²) in [5, 5.41) is 0.361. The minimum absolute atomic E-state index is 0.0135. The molecular formula is C24H25FN2O4. The molecule has 1 aliphatic rings. The Morgan fingerprint density at radius 2 is 1.90 bits per heavy atom. The molecule has 3 aromatic rings. The molecule has 0 N–H and O–H groups in total. The number of amides is 1. The number of ether oxygens (including phenoxy) is 1. The molecule has 0 saturated heterocycles. The number of fused-ring (bicyclic) bond motifs is 2. The molecular weight excluding hydrogens is 399 g/mol. The van der Waals surface area contributed by atoms with E-state index in [1.807, 2.05) is 0 Å². The van der Waals surface area contributed by atoms with Crippen molar-refractivity contribution in [3.05, 3.63) is 75.4 Å². The first kappa shape index (κ1) is 21.1. The summed E-state index contributed by atoms with van der Waals surface area (Å²) in [4.78, 5) is 30.6. The average molecular weight is 424 g/mol. The summed E-state index contributed by atoms with van der Waals surface area (Å²) in [6, 6.07) is 10.2. The first-order chi connectivity index (χ1) is 15.0. The predicted octanol–water partition coefficient (Wildman–Crippen LogP) is 3.83. The maximum absolute atomic E-state index is 14.1. The molecule has 0 radical (unpaired) electrons.